The minimum absolute atomic E-state index is 0.114. The van der Waals surface area contributed by atoms with Crippen molar-refractivity contribution in [2.45, 2.75) is 44.6 Å². The van der Waals surface area contributed by atoms with E-state index >= 15 is 0 Å². The maximum atomic E-state index is 13.5. The molecule has 1 aliphatic heterocycles. The van der Waals surface area contributed by atoms with Crippen molar-refractivity contribution in [3.8, 4) is 17.2 Å². The van der Waals surface area contributed by atoms with Gasteiger partial charge < -0.3 is 14.2 Å². The van der Waals surface area contributed by atoms with Crippen molar-refractivity contribution in [1.82, 2.24) is 9.66 Å². The normalized spacial score (nSPS) is 15.1. The van der Waals surface area contributed by atoms with E-state index in [1.54, 1.807) is 24.3 Å². The molecule has 1 saturated carbocycles. The number of aromatic nitrogens is 2. The van der Waals surface area contributed by atoms with Crippen molar-refractivity contribution in [2.24, 2.45) is 5.10 Å². The van der Waals surface area contributed by atoms with E-state index in [1.807, 2.05) is 18.2 Å². The quantitative estimate of drug-likeness (QED) is 0.138. The number of nitrogens with zero attached hydrogens (tertiary/aromatic N) is 4. The highest BCUT2D eigenvalue weighted by Gasteiger charge is 2.23. The largest absolute Gasteiger partial charge is 0.482 e. The van der Waals surface area contributed by atoms with E-state index in [2.05, 4.69) is 21.0 Å². The molecule has 2 heterocycles. The summed E-state index contributed by atoms with van der Waals surface area (Å²) in [4.78, 5) is 29.7. The lowest BCUT2D eigenvalue weighted by Crippen LogP contribution is -2.25. The Kier molecular flexibility index (Phi) is 7.21. The molecule has 0 amide bonds. The van der Waals surface area contributed by atoms with E-state index in [9.17, 15) is 14.9 Å². The Hall–Kier alpha value is -4.25. The summed E-state index contributed by atoms with van der Waals surface area (Å²) in [5.41, 5.74) is 1.39. The molecule has 0 radical (unpaired) electrons. The molecule has 0 N–H and O–H groups in total. The fraction of sp³-hybridized carbons (Fsp3) is 0.276. The van der Waals surface area contributed by atoms with Crippen LogP contribution in [-0.2, 0) is 6.61 Å². The highest BCUT2D eigenvalue weighted by molar-refractivity contribution is 9.10. The van der Waals surface area contributed by atoms with Crippen molar-refractivity contribution < 1.29 is 19.1 Å². The Morgan fingerprint density at radius 3 is 2.73 bits per heavy atom. The highest BCUT2D eigenvalue weighted by atomic mass is 79.9. The number of rotatable bonds is 7. The minimum atomic E-state index is -0.499. The van der Waals surface area contributed by atoms with Gasteiger partial charge in [-0.2, -0.15) is 9.78 Å². The third-order valence-corrected chi connectivity index (χ3v) is 7.63. The van der Waals surface area contributed by atoms with E-state index in [0.717, 1.165) is 42.1 Å². The van der Waals surface area contributed by atoms with Crippen molar-refractivity contribution in [3.05, 3.63) is 96.5 Å². The molecule has 11 heteroatoms. The van der Waals surface area contributed by atoms with Crippen LogP contribution in [0.15, 0.2) is 69.0 Å². The molecule has 0 saturated heterocycles. The molecule has 1 aliphatic carbocycles. The monoisotopic (exact) mass is 604 g/mol. The number of nitro benzene ring substituents is 1. The topological polar surface area (TPSA) is 118 Å². The molecule has 1 fully saturated rings. The first-order chi connectivity index (χ1) is 19.5. The van der Waals surface area contributed by atoms with Crippen LogP contribution < -0.4 is 19.8 Å². The minimum Gasteiger partial charge on any atom is -0.482 e. The summed E-state index contributed by atoms with van der Waals surface area (Å²) in [5.74, 6) is 2.12. The van der Waals surface area contributed by atoms with Crippen LogP contribution in [0, 0.1) is 10.1 Å². The standard InChI is InChI=1S/C29H25BrN4O6/c30-21-8-9-23-22(14-21)29(35)33(28(32-23)20-4-2-1-3-5-20)31-15-18-6-10-25(24(12-18)34(36)37)38-16-19-7-11-26-27(13-19)40-17-39-26/h6-15,20H,1-5,16-17H2. The van der Waals surface area contributed by atoms with Crippen LogP contribution in [0.5, 0.6) is 17.2 Å². The zero-order chi connectivity index (χ0) is 27.6. The zero-order valence-electron chi connectivity index (χ0n) is 21.4. The molecule has 1 aromatic heterocycles. The molecular formula is C29H25BrN4O6. The summed E-state index contributed by atoms with van der Waals surface area (Å²) in [6, 6.07) is 15.4. The highest BCUT2D eigenvalue weighted by Crippen LogP contribution is 2.34. The van der Waals surface area contributed by atoms with Gasteiger partial charge in [-0.1, -0.05) is 41.3 Å². The van der Waals surface area contributed by atoms with Crippen LogP contribution in [0.1, 0.15) is 55.0 Å². The Bertz CT molecular complexity index is 1700. The van der Waals surface area contributed by atoms with Crippen molar-refractivity contribution >= 4 is 38.7 Å². The molecule has 10 nitrogen and oxygen atoms in total. The third-order valence-electron chi connectivity index (χ3n) is 7.14. The van der Waals surface area contributed by atoms with Gasteiger partial charge in [-0.05, 0) is 60.9 Å². The van der Waals surface area contributed by atoms with Crippen LogP contribution in [0.25, 0.3) is 10.9 Å². The molecule has 204 valence electrons. The predicted molar refractivity (Wildman–Crippen MR) is 153 cm³/mol. The number of benzene rings is 3. The fourth-order valence-electron chi connectivity index (χ4n) is 5.10. The van der Waals surface area contributed by atoms with Gasteiger partial charge in [-0.25, -0.2) is 4.98 Å². The fourth-order valence-corrected chi connectivity index (χ4v) is 5.46. The third kappa shape index (κ3) is 5.29. The van der Waals surface area contributed by atoms with Crippen LogP contribution in [0.4, 0.5) is 5.69 Å². The SMILES string of the molecule is O=c1c2cc(Br)ccc2nc(C2CCCCC2)n1N=Cc1ccc(OCc2ccc3c(c2)OCO3)c([N+](=O)[O-])c1. The molecule has 0 spiro atoms. The van der Waals surface area contributed by atoms with Gasteiger partial charge in [0.1, 0.15) is 12.4 Å². The number of fused-ring (bicyclic) bond motifs is 2. The first-order valence-electron chi connectivity index (χ1n) is 13.0. The van der Waals surface area contributed by atoms with Gasteiger partial charge in [0.05, 0.1) is 22.0 Å². The van der Waals surface area contributed by atoms with Crippen molar-refractivity contribution in [2.75, 3.05) is 6.79 Å². The number of hydrogen-bond acceptors (Lipinski definition) is 8. The Labute approximate surface area is 237 Å². The molecule has 0 atom stereocenters. The second-order valence-corrected chi connectivity index (χ2v) is 10.7. The molecule has 0 bridgehead atoms. The van der Waals surface area contributed by atoms with E-state index < -0.39 is 4.92 Å². The van der Waals surface area contributed by atoms with Crippen molar-refractivity contribution in [1.29, 1.82) is 0 Å². The number of ether oxygens (including phenoxy) is 3. The average molecular weight is 605 g/mol. The first kappa shape index (κ1) is 26.0. The lowest BCUT2D eigenvalue weighted by atomic mass is 9.88. The number of nitro groups is 1. The molecule has 2 aliphatic rings. The van der Waals surface area contributed by atoms with Gasteiger partial charge in [0.15, 0.2) is 17.2 Å². The summed E-state index contributed by atoms with van der Waals surface area (Å²) in [7, 11) is 0. The Morgan fingerprint density at radius 2 is 1.90 bits per heavy atom. The Morgan fingerprint density at radius 1 is 1.07 bits per heavy atom. The average Bonchev–Trinajstić information content (AvgIpc) is 3.44. The molecule has 6 rings (SSSR count). The lowest BCUT2D eigenvalue weighted by molar-refractivity contribution is -0.385. The summed E-state index contributed by atoms with van der Waals surface area (Å²) >= 11 is 3.43. The molecule has 0 unspecified atom stereocenters. The smallest absolute Gasteiger partial charge is 0.311 e. The zero-order valence-corrected chi connectivity index (χ0v) is 23.0. The molecule has 4 aromatic rings. The van der Waals surface area contributed by atoms with Crippen molar-refractivity contribution in [3.63, 3.8) is 0 Å². The predicted octanol–water partition coefficient (Wildman–Crippen LogP) is 6.30. The molecular weight excluding hydrogens is 580 g/mol. The van der Waals surface area contributed by atoms with Gasteiger partial charge in [0.2, 0.25) is 6.79 Å². The van der Waals surface area contributed by atoms with Crippen LogP contribution in [0.2, 0.25) is 0 Å². The summed E-state index contributed by atoms with van der Waals surface area (Å²) in [5, 5.41) is 16.8. The second-order valence-electron chi connectivity index (χ2n) is 9.79. The first-order valence-corrected chi connectivity index (χ1v) is 13.8. The molecule has 40 heavy (non-hydrogen) atoms. The van der Waals surface area contributed by atoms with Gasteiger partial charge in [0.25, 0.3) is 5.56 Å². The second kappa shape index (κ2) is 11.1. The van der Waals surface area contributed by atoms with E-state index in [4.69, 9.17) is 19.2 Å². The van der Waals surface area contributed by atoms with Crippen LogP contribution in [-0.4, -0.2) is 27.6 Å². The molecule has 3 aromatic carbocycles. The van der Waals surface area contributed by atoms with Gasteiger partial charge in [-0.15, -0.1) is 0 Å². The van der Waals surface area contributed by atoms with Gasteiger partial charge in [0, 0.05) is 22.0 Å². The van der Waals surface area contributed by atoms with Crippen LogP contribution >= 0.6 is 15.9 Å². The van der Waals surface area contributed by atoms with Gasteiger partial charge in [-0.3, -0.25) is 14.9 Å². The summed E-state index contributed by atoms with van der Waals surface area (Å²) in [6.07, 6.45) is 6.63. The Balaban J connectivity index is 1.30. The number of halogens is 1. The van der Waals surface area contributed by atoms with Crippen LogP contribution in [0.3, 0.4) is 0 Å². The summed E-state index contributed by atoms with van der Waals surface area (Å²) < 4.78 is 18.6. The van der Waals surface area contributed by atoms with Gasteiger partial charge >= 0.3 is 5.69 Å². The number of hydrogen-bond donors (Lipinski definition) is 0. The maximum Gasteiger partial charge on any atom is 0.311 e. The van der Waals surface area contributed by atoms with E-state index in [0.29, 0.717) is 33.8 Å². The lowest BCUT2D eigenvalue weighted by Gasteiger charge is -2.22. The van der Waals surface area contributed by atoms with E-state index in [1.165, 1.54) is 23.0 Å². The summed E-state index contributed by atoms with van der Waals surface area (Å²) in [6.45, 7) is 0.276. The maximum absolute atomic E-state index is 13.5. The van der Waals surface area contributed by atoms with E-state index in [-0.39, 0.29) is 36.3 Å².